The predicted molar refractivity (Wildman–Crippen MR) is 50.8 cm³/mol. The molecule has 0 atom stereocenters. The van der Waals surface area contributed by atoms with E-state index in [0.29, 0.717) is 6.07 Å². The van der Waals surface area contributed by atoms with Crippen LogP contribution in [0.3, 0.4) is 0 Å². The van der Waals surface area contributed by atoms with Crippen LogP contribution in [0.4, 0.5) is 17.6 Å². The fourth-order valence-corrected chi connectivity index (χ4v) is 1.19. The summed E-state index contributed by atoms with van der Waals surface area (Å²) in [5.41, 5.74) is -2.19. The molecule has 0 aromatic heterocycles. The van der Waals surface area contributed by atoms with Crippen molar-refractivity contribution in [2.24, 2.45) is 0 Å². The van der Waals surface area contributed by atoms with Gasteiger partial charge in [-0.1, -0.05) is 6.07 Å². The Balaban J connectivity index is 3.06. The maximum Gasteiger partial charge on any atom is 0.419 e. The van der Waals surface area contributed by atoms with Crippen molar-refractivity contribution in [3.8, 4) is 0 Å². The first-order chi connectivity index (χ1) is 7.88. The molecule has 1 aromatic carbocycles. The molecule has 3 nitrogen and oxygen atoms in total. The second-order valence-corrected chi connectivity index (χ2v) is 3.14. The number of hydrogen-bond donors (Lipinski definition) is 2. The van der Waals surface area contributed by atoms with Crippen molar-refractivity contribution in [2.75, 3.05) is 13.2 Å². The Hall–Kier alpha value is -1.63. The summed E-state index contributed by atoms with van der Waals surface area (Å²) in [5, 5.41) is 10.5. The van der Waals surface area contributed by atoms with Crippen LogP contribution in [0.2, 0.25) is 0 Å². The van der Waals surface area contributed by atoms with Gasteiger partial charge in [0.1, 0.15) is 5.82 Å². The van der Waals surface area contributed by atoms with Crippen molar-refractivity contribution in [1.29, 1.82) is 0 Å². The highest BCUT2D eigenvalue weighted by atomic mass is 19.4. The van der Waals surface area contributed by atoms with Crippen LogP contribution < -0.4 is 5.32 Å². The molecule has 1 rings (SSSR count). The average Bonchev–Trinajstić information content (AvgIpc) is 2.24. The molecule has 2 N–H and O–H groups in total. The molecular weight excluding hydrogens is 242 g/mol. The molecule has 0 bridgehead atoms. The SMILES string of the molecule is O=C(NCCO)c1cccc(C(F)(F)F)c1F. The molecule has 0 unspecified atom stereocenters. The molecule has 0 heterocycles. The molecule has 0 aliphatic heterocycles. The lowest BCUT2D eigenvalue weighted by Gasteiger charge is -2.10. The third kappa shape index (κ3) is 3.16. The number of halogens is 4. The van der Waals surface area contributed by atoms with E-state index in [1.54, 1.807) is 0 Å². The maximum absolute atomic E-state index is 13.4. The van der Waals surface area contributed by atoms with E-state index in [0.717, 1.165) is 12.1 Å². The number of carbonyl (C=O) groups is 1. The van der Waals surface area contributed by atoms with Gasteiger partial charge in [0.05, 0.1) is 17.7 Å². The van der Waals surface area contributed by atoms with Gasteiger partial charge in [0.25, 0.3) is 5.91 Å². The number of benzene rings is 1. The summed E-state index contributed by atoms with van der Waals surface area (Å²) in [6, 6.07) is 2.44. The number of aliphatic hydroxyl groups is 1. The summed E-state index contributed by atoms with van der Waals surface area (Å²) in [4.78, 5) is 11.3. The van der Waals surface area contributed by atoms with Crippen LogP contribution in [0.1, 0.15) is 15.9 Å². The van der Waals surface area contributed by atoms with Crippen molar-refractivity contribution in [3.63, 3.8) is 0 Å². The predicted octanol–water partition coefficient (Wildman–Crippen LogP) is 1.57. The summed E-state index contributed by atoms with van der Waals surface area (Å²) in [7, 11) is 0. The Morgan fingerprint density at radius 3 is 2.53 bits per heavy atom. The summed E-state index contributed by atoms with van der Waals surface area (Å²) in [6.07, 6.45) is -4.85. The Morgan fingerprint density at radius 1 is 1.35 bits per heavy atom. The molecule has 94 valence electrons. The molecule has 0 radical (unpaired) electrons. The van der Waals surface area contributed by atoms with Gasteiger partial charge >= 0.3 is 6.18 Å². The Bertz CT molecular complexity index is 417. The van der Waals surface area contributed by atoms with Crippen molar-refractivity contribution in [2.45, 2.75) is 6.18 Å². The van der Waals surface area contributed by atoms with Crippen LogP contribution in [-0.2, 0) is 6.18 Å². The van der Waals surface area contributed by atoms with Gasteiger partial charge in [-0.05, 0) is 12.1 Å². The zero-order valence-corrected chi connectivity index (χ0v) is 8.51. The van der Waals surface area contributed by atoms with Gasteiger partial charge in [-0.15, -0.1) is 0 Å². The molecular formula is C10H9F4NO2. The smallest absolute Gasteiger partial charge is 0.395 e. The second kappa shape index (κ2) is 5.13. The van der Waals surface area contributed by atoms with Gasteiger partial charge in [0, 0.05) is 6.54 Å². The number of aliphatic hydroxyl groups excluding tert-OH is 1. The largest absolute Gasteiger partial charge is 0.419 e. The molecule has 7 heteroatoms. The molecule has 0 aliphatic rings. The number of carbonyl (C=O) groups excluding carboxylic acids is 1. The average molecular weight is 251 g/mol. The van der Waals surface area contributed by atoms with Gasteiger partial charge in [-0.3, -0.25) is 4.79 Å². The highest BCUT2D eigenvalue weighted by molar-refractivity contribution is 5.94. The molecule has 1 amide bonds. The van der Waals surface area contributed by atoms with Crippen LogP contribution in [0.25, 0.3) is 0 Å². The first-order valence-electron chi connectivity index (χ1n) is 4.62. The van der Waals surface area contributed by atoms with Crippen LogP contribution in [-0.4, -0.2) is 24.2 Å². The number of rotatable bonds is 3. The van der Waals surface area contributed by atoms with Crippen molar-refractivity contribution < 1.29 is 27.5 Å². The van der Waals surface area contributed by atoms with E-state index in [1.165, 1.54) is 0 Å². The lowest BCUT2D eigenvalue weighted by molar-refractivity contribution is -0.140. The quantitative estimate of drug-likeness (QED) is 0.801. The number of alkyl halides is 3. The van der Waals surface area contributed by atoms with Crippen molar-refractivity contribution in [3.05, 3.63) is 35.1 Å². The van der Waals surface area contributed by atoms with Crippen molar-refractivity contribution in [1.82, 2.24) is 5.32 Å². The lowest BCUT2D eigenvalue weighted by Crippen LogP contribution is -2.28. The summed E-state index contributed by atoms with van der Waals surface area (Å²) >= 11 is 0. The highest BCUT2D eigenvalue weighted by Crippen LogP contribution is 2.32. The van der Waals surface area contributed by atoms with E-state index in [2.05, 4.69) is 5.32 Å². The first kappa shape index (κ1) is 13.4. The van der Waals surface area contributed by atoms with E-state index in [4.69, 9.17) is 5.11 Å². The minimum atomic E-state index is -4.85. The third-order valence-electron chi connectivity index (χ3n) is 1.95. The van der Waals surface area contributed by atoms with Gasteiger partial charge in [0.15, 0.2) is 0 Å². The summed E-state index contributed by atoms with van der Waals surface area (Å²) in [5.74, 6) is -2.61. The summed E-state index contributed by atoms with van der Waals surface area (Å²) in [6.45, 7) is -0.541. The van der Waals surface area contributed by atoms with Gasteiger partial charge < -0.3 is 10.4 Å². The van der Waals surface area contributed by atoms with Crippen molar-refractivity contribution >= 4 is 5.91 Å². The normalized spacial score (nSPS) is 11.4. The molecule has 0 saturated carbocycles. The fraction of sp³-hybridized carbons (Fsp3) is 0.300. The Morgan fingerprint density at radius 2 is 2.00 bits per heavy atom. The first-order valence-corrected chi connectivity index (χ1v) is 4.62. The van der Waals surface area contributed by atoms with Crippen LogP contribution >= 0.6 is 0 Å². The van der Waals surface area contributed by atoms with E-state index < -0.39 is 29.0 Å². The number of amides is 1. The number of hydrogen-bond acceptors (Lipinski definition) is 2. The van der Waals surface area contributed by atoms with E-state index in [1.807, 2.05) is 0 Å². The number of nitrogens with one attached hydrogen (secondary N) is 1. The molecule has 0 aliphatic carbocycles. The fourth-order valence-electron chi connectivity index (χ4n) is 1.19. The third-order valence-corrected chi connectivity index (χ3v) is 1.95. The van der Waals surface area contributed by atoms with Gasteiger partial charge in [-0.2, -0.15) is 13.2 Å². The minimum Gasteiger partial charge on any atom is -0.395 e. The molecule has 0 spiro atoms. The van der Waals surface area contributed by atoms with E-state index in [9.17, 15) is 22.4 Å². The zero-order chi connectivity index (χ0) is 13.1. The zero-order valence-electron chi connectivity index (χ0n) is 8.51. The highest BCUT2D eigenvalue weighted by Gasteiger charge is 2.35. The van der Waals surface area contributed by atoms with Crippen LogP contribution in [0, 0.1) is 5.82 Å². The Kier molecular flexibility index (Phi) is 4.06. The van der Waals surface area contributed by atoms with E-state index >= 15 is 0 Å². The lowest BCUT2D eigenvalue weighted by atomic mass is 10.1. The molecule has 0 saturated heterocycles. The molecule has 17 heavy (non-hydrogen) atoms. The monoisotopic (exact) mass is 251 g/mol. The molecule has 1 aromatic rings. The van der Waals surface area contributed by atoms with E-state index in [-0.39, 0.29) is 13.2 Å². The van der Waals surface area contributed by atoms with Crippen LogP contribution in [0.15, 0.2) is 18.2 Å². The Labute approximate surface area is 94.1 Å². The summed E-state index contributed by atoms with van der Waals surface area (Å²) < 4.78 is 50.4. The standard InChI is InChI=1S/C10H9F4NO2/c11-8-6(9(17)15-4-5-16)2-1-3-7(8)10(12,13)14/h1-3,16H,4-5H2,(H,15,17). The maximum atomic E-state index is 13.4. The van der Waals surface area contributed by atoms with Gasteiger partial charge in [-0.25, -0.2) is 4.39 Å². The minimum absolute atomic E-state index is 0.158. The van der Waals surface area contributed by atoms with Crippen LogP contribution in [0.5, 0.6) is 0 Å². The molecule has 0 fully saturated rings. The topological polar surface area (TPSA) is 49.3 Å². The second-order valence-electron chi connectivity index (χ2n) is 3.14. The van der Waals surface area contributed by atoms with Gasteiger partial charge in [0.2, 0.25) is 0 Å².